The summed E-state index contributed by atoms with van der Waals surface area (Å²) in [6.45, 7) is 3.40. The minimum atomic E-state index is -0.274. The molecule has 0 amide bonds. The van der Waals surface area contributed by atoms with Gasteiger partial charge in [0, 0.05) is 14.2 Å². The van der Waals surface area contributed by atoms with E-state index in [0.717, 1.165) is 6.42 Å². The average molecular weight is 214 g/mol. The van der Waals surface area contributed by atoms with Crippen molar-refractivity contribution in [2.24, 2.45) is 0 Å². The normalized spacial score (nSPS) is 12.3. The summed E-state index contributed by atoms with van der Waals surface area (Å²) in [7, 11) is 3.21. The standard InChI is InChI=1S/C12H22O3/c1-4-5-6-7-10-15-11-8-9-12(13-2)14-3/h6-9,12H,4-5,10-11H2,1-3H3/b7-6+,9-8+. The highest BCUT2D eigenvalue weighted by atomic mass is 16.7. The van der Waals surface area contributed by atoms with Crippen molar-refractivity contribution in [2.45, 2.75) is 26.1 Å². The molecule has 0 unspecified atom stereocenters. The van der Waals surface area contributed by atoms with Gasteiger partial charge in [0.05, 0.1) is 13.2 Å². The van der Waals surface area contributed by atoms with Crippen LogP contribution in [-0.2, 0) is 14.2 Å². The molecule has 0 radical (unpaired) electrons. The fraction of sp³-hybridized carbons (Fsp3) is 0.667. The molecule has 3 nitrogen and oxygen atoms in total. The molecule has 0 aliphatic rings. The molecule has 0 fully saturated rings. The second-order valence-corrected chi connectivity index (χ2v) is 3.07. The van der Waals surface area contributed by atoms with Gasteiger partial charge in [0.15, 0.2) is 6.29 Å². The van der Waals surface area contributed by atoms with E-state index in [1.807, 2.05) is 18.2 Å². The lowest BCUT2D eigenvalue weighted by molar-refractivity contribution is -0.0669. The molecule has 0 saturated carbocycles. The summed E-state index contributed by atoms with van der Waals surface area (Å²) in [6.07, 6.45) is 9.93. The van der Waals surface area contributed by atoms with E-state index < -0.39 is 0 Å². The Morgan fingerprint density at radius 1 is 1.00 bits per heavy atom. The van der Waals surface area contributed by atoms with Crippen LogP contribution in [0.25, 0.3) is 0 Å². The molecule has 88 valence electrons. The maximum absolute atomic E-state index is 5.33. The van der Waals surface area contributed by atoms with Crippen molar-refractivity contribution in [3.8, 4) is 0 Å². The molecule has 3 heteroatoms. The van der Waals surface area contributed by atoms with Gasteiger partial charge in [-0.15, -0.1) is 0 Å². The third kappa shape index (κ3) is 9.66. The first-order chi connectivity index (χ1) is 7.35. The number of ether oxygens (including phenoxy) is 3. The summed E-state index contributed by atoms with van der Waals surface area (Å²) in [4.78, 5) is 0. The lowest BCUT2D eigenvalue weighted by Crippen LogP contribution is -2.09. The van der Waals surface area contributed by atoms with E-state index in [4.69, 9.17) is 14.2 Å². The second kappa shape index (κ2) is 11.4. The van der Waals surface area contributed by atoms with E-state index in [9.17, 15) is 0 Å². The first-order valence-electron chi connectivity index (χ1n) is 5.30. The third-order valence-electron chi connectivity index (χ3n) is 1.81. The predicted octanol–water partition coefficient (Wildman–Crippen LogP) is 2.53. The average Bonchev–Trinajstić information content (AvgIpc) is 2.27. The van der Waals surface area contributed by atoms with Crippen molar-refractivity contribution in [2.75, 3.05) is 27.4 Å². The SMILES string of the molecule is CCC/C=C/COC/C=C/C(OC)OC. The fourth-order valence-corrected chi connectivity index (χ4v) is 0.977. The van der Waals surface area contributed by atoms with Crippen molar-refractivity contribution in [1.29, 1.82) is 0 Å². The molecule has 0 aliphatic heterocycles. The predicted molar refractivity (Wildman–Crippen MR) is 61.8 cm³/mol. The zero-order valence-corrected chi connectivity index (χ0v) is 9.94. The topological polar surface area (TPSA) is 27.7 Å². The highest BCUT2D eigenvalue weighted by Gasteiger charge is 1.95. The van der Waals surface area contributed by atoms with Gasteiger partial charge in [-0.05, 0) is 12.5 Å². The highest BCUT2D eigenvalue weighted by Crippen LogP contribution is 1.93. The lowest BCUT2D eigenvalue weighted by Gasteiger charge is -2.06. The zero-order chi connectivity index (χ0) is 11.4. The smallest absolute Gasteiger partial charge is 0.176 e. The quantitative estimate of drug-likeness (QED) is 0.335. The molecule has 0 aromatic rings. The van der Waals surface area contributed by atoms with Gasteiger partial charge in [0.2, 0.25) is 0 Å². The molecule has 0 aromatic heterocycles. The van der Waals surface area contributed by atoms with Crippen LogP contribution in [0.4, 0.5) is 0 Å². The van der Waals surface area contributed by atoms with Crippen LogP contribution in [0.5, 0.6) is 0 Å². The van der Waals surface area contributed by atoms with E-state index >= 15 is 0 Å². The molecule has 0 spiro atoms. The largest absolute Gasteiger partial charge is 0.373 e. The third-order valence-corrected chi connectivity index (χ3v) is 1.81. The number of rotatable bonds is 9. The fourth-order valence-electron chi connectivity index (χ4n) is 0.977. The van der Waals surface area contributed by atoms with Crippen molar-refractivity contribution in [3.63, 3.8) is 0 Å². The minimum absolute atomic E-state index is 0.274. The number of hydrogen-bond donors (Lipinski definition) is 0. The molecule has 0 rings (SSSR count). The molecular formula is C12H22O3. The highest BCUT2D eigenvalue weighted by molar-refractivity contribution is 4.86. The van der Waals surface area contributed by atoms with E-state index in [1.165, 1.54) is 6.42 Å². The Balaban J connectivity index is 3.37. The first-order valence-corrected chi connectivity index (χ1v) is 5.30. The second-order valence-electron chi connectivity index (χ2n) is 3.07. The van der Waals surface area contributed by atoms with Gasteiger partial charge in [0.25, 0.3) is 0 Å². The Morgan fingerprint density at radius 3 is 2.27 bits per heavy atom. The molecule has 0 aliphatic carbocycles. The van der Waals surface area contributed by atoms with Crippen LogP contribution in [0.15, 0.2) is 24.3 Å². The lowest BCUT2D eigenvalue weighted by atomic mass is 10.3. The van der Waals surface area contributed by atoms with Gasteiger partial charge in [-0.2, -0.15) is 0 Å². The summed E-state index contributed by atoms with van der Waals surface area (Å²) >= 11 is 0. The maximum Gasteiger partial charge on any atom is 0.176 e. The molecule has 15 heavy (non-hydrogen) atoms. The van der Waals surface area contributed by atoms with Crippen LogP contribution in [0, 0.1) is 0 Å². The molecule has 0 N–H and O–H groups in total. The first kappa shape index (κ1) is 14.4. The van der Waals surface area contributed by atoms with Gasteiger partial charge < -0.3 is 14.2 Å². The minimum Gasteiger partial charge on any atom is -0.373 e. The summed E-state index contributed by atoms with van der Waals surface area (Å²) in [6, 6.07) is 0. The van der Waals surface area contributed by atoms with E-state index in [1.54, 1.807) is 14.2 Å². The molecule has 0 bridgehead atoms. The summed E-state index contributed by atoms with van der Waals surface area (Å²) in [5, 5.41) is 0. The van der Waals surface area contributed by atoms with Gasteiger partial charge in [0.1, 0.15) is 0 Å². The summed E-state index contributed by atoms with van der Waals surface area (Å²) in [5.74, 6) is 0. The molecular weight excluding hydrogens is 192 g/mol. The molecule has 0 atom stereocenters. The van der Waals surface area contributed by atoms with Crippen molar-refractivity contribution < 1.29 is 14.2 Å². The van der Waals surface area contributed by atoms with E-state index in [-0.39, 0.29) is 6.29 Å². The van der Waals surface area contributed by atoms with Crippen LogP contribution in [0.3, 0.4) is 0 Å². The number of unbranched alkanes of at least 4 members (excludes halogenated alkanes) is 1. The number of methoxy groups -OCH3 is 2. The molecule has 0 heterocycles. The van der Waals surface area contributed by atoms with Crippen molar-refractivity contribution in [3.05, 3.63) is 24.3 Å². The van der Waals surface area contributed by atoms with Gasteiger partial charge in [-0.1, -0.05) is 31.6 Å². The zero-order valence-electron chi connectivity index (χ0n) is 9.94. The molecule has 0 aromatic carbocycles. The van der Waals surface area contributed by atoms with Crippen molar-refractivity contribution >= 4 is 0 Å². The molecule has 0 saturated heterocycles. The summed E-state index contributed by atoms with van der Waals surface area (Å²) in [5.41, 5.74) is 0. The maximum atomic E-state index is 5.33. The van der Waals surface area contributed by atoms with Crippen molar-refractivity contribution in [1.82, 2.24) is 0 Å². The Morgan fingerprint density at radius 2 is 1.67 bits per heavy atom. The van der Waals surface area contributed by atoms with E-state index in [0.29, 0.717) is 13.2 Å². The summed E-state index contributed by atoms with van der Waals surface area (Å²) < 4.78 is 15.3. The number of allylic oxidation sites excluding steroid dienone is 1. The van der Waals surface area contributed by atoms with Crippen LogP contribution in [-0.4, -0.2) is 33.7 Å². The van der Waals surface area contributed by atoms with Gasteiger partial charge in [-0.25, -0.2) is 0 Å². The van der Waals surface area contributed by atoms with E-state index in [2.05, 4.69) is 13.0 Å². The Hall–Kier alpha value is -0.640. The van der Waals surface area contributed by atoms with Gasteiger partial charge in [-0.3, -0.25) is 0 Å². The van der Waals surface area contributed by atoms with Crippen LogP contribution in [0.1, 0.15) is 19.8 Å². The van der Waals surface area contributed by atoms with Crippen LogP contribution < -0.4 is 0 Å². The Labute approximate surface area is 92.7 Å². The Bertz CT molecular complexity index is 172. The Kier molecular flexibility index (Phi) is 10.9. The van der Waals surface area contributed by atoms with Gasteiger partial charge >= 0.3 is 0 Å². The monoisotopic (exact) mass is 214 g/mol. The van der Waals surface area contributed by atoms with Crippen LogP contribution in [0.2, 0.25) is 0 Å². The number of hydrogen-bond acceptors (Lipinski definition) is 3. The van der Waals surface area contributed by atoms with Crippen LogP contribution >= 0.6 is 0 Å².